The Morgan fingerprint density at radius 2 is 1.50 bits per heavy atom. The molecule has 0 unspecified atom stereocenters. The fraction of sp³-hybridized carbons (Fsp3) is 0.0417. The van der Waals surface area contributed by atoms with Gasteiger partial charge in [-0.25, -0.2) is 9.07 Å². The molecule has 0 bridgehead atoms. The third-order valence-corrected chi connectivity index (χ3v) is 4.66. The number of anilines is 1. The number of nitrogens with one attached hydrogen (secondary N) is 1. The summed E-state index contributed by atoms with van der Waals surface area (Å²) < 4.78 is 14.8. The van der Waals surface area contributed by atoms with Gasteiger partial charge in [-0.1, -0.05) is 48.5 Å². The largest absolute Gasteiger partial charge is 0.306 e. The molecule has 30 heavy (non-hydrogen) atoms. The summed E-state index contributed by atoms with van der Waals surface area (Å²) in [5, 5.41) is 7.24. The molecule has 0 fully saturated rings. The van der Waals surface area contributed by atoms with Gasteiger partial charge in [-0.3, -0.25) is 9.59 Å². The van der Waals surface area contributed by atoms with E-state index in [-0.39, 0.29) is 16.8 Å². The van der Waals surface area contributed by atoms with Crippen molar-refractivity contribution in [2.75, 3.05) is 5.32 Å². The molecule has 0 atom stereocenters. The molecule has 6 heteroatoms. The number of benzene rings is 3. The zero-order valence-corrected chi connectivity index (χ0v) is 16.2. The Morgan fingerprint density at radius 3 is 2.13 bits per heavy atom. The SMILES string of the molecule is Cc1nn(-c2ccccc2)c(NC(=O)c2ccc(F)cc2)c(-c2ccccc2)c1=O. The van der Waals surface area contributed by atoms with E-state index in [0.29, 0.717) is 22.5 Å². The number of hydrogen-bond acceptors (Lipinski definition) is 3. The summed E-state index contributed by atoms with van der Waals surface area (Å²) in [6.07, 6.45) is 0. The zero-order valence-electron chi connectivity index (χ0n) is 16.2. The summed E-state index contributed by atoms with van der Waals surface area (Å²) >= 11 is 0. The van der Waals surface area contributed by atoms with Crippen LogP contribution < -0.4 is 10.7 Å². The van der Waals surface area contributed by atoms with Crippen LogP contribution in [0.25, 0.3) is 16.8 Å². The molecule has 0 aliphatic heterocycles. The maximum absolute atomic E-state index is 13.3. The van der Waals surface area contributed by atoms with E-state index in [9.17, 15) is 14.0 Å². The summed E-state index contributed by atoms with van der Waals surface area (Å²) in [6.45, 7) is 1.64. The molecule has 1 heterocycles. The van der Waals surface area contributed by atoms with Crippen molar-refractivity contribution in [2.24, 2.45) is 0 Å². The first kappa shape index (κ1) is 19.3. The first-order valence-electron chi connectivity index (χ1n) is 9.36. The second kappa shape index (κ2) is 8.13. The van der Waals surface area contributed by atoms with E-state index in [1.54, 1.807) is 23.7 Å². The fourth-order valence-corrected chi connectivity index (χ4v) is 3.16. The van der Waals surface area contributed by atoms with Crippen molar-refractivity contribution in [1.29, 1.82) is 0 Å². The topological polar surface area (TPSA) is 64.0 Å². The standard InChI is InChI=1S/C24H18FN3O2/c1-16-22(29)21(17-8-4-2-5-9-17)23(28(27-16)20-10-6-3-7-11-20)26-24(30)18-12-14-19(25)15-13-18/h2-15H,1H3,(H,26,30). The molecule has 0 spiro atoms. The maximum atomic E-state index is 13.3. The molecule has 148 valence electrons. The molecule has 5 nitrogen and oxygen atoms in total. The van der Waals surface area contributed by atoms with Crippen LogP contribution in [0.5, 0.6) is 0 Å². The van der Waals surface area contributed by atoms with E-state index in [1.165, 1.54) is 24.3 Å². The lowest BCUT2D eigenvalue weighted by Gasteiger charge is -2.18. The molecule has 0 aliphatic carbocycles. The van der Waals surface area contributed by atoms with Gasteiger partial charge in [-0.2, -0.15) is 5.10 Å². The fourth-order valence-electron chi connectivity index (χ4n) is 3.16. The van der Waals surface area contributed by atoms with Crippen LogP contribution in [0, 0.1) is 12.7 Å². The number of amides is 1. The number of halogens is 1. The highest BCUT2D eigenvalue weighted by molar-refractivity contribution is 6.05. The Hall–Kier alpha value is -4.06. The van der Waals surface area contributed by atoms with Crippen LogP contribution in [-0.4, -0.2) is 15.7 Å². The second-order valence-corrected chi connectivity index (χ2v) is 6.71. The van der Waals surface area contributed by atoms with Crippen molar-refractivity contribution in [3.8, 4) is 16.8 Å². The van der Waals surface area contributed by atoms with Crippen LogP contribution in [0.2, 0.25) is 0 Å². The van der Waals surface area contributed by atoms with Crippen molar-refractivity contribution in [3.63, 3.8) is 0 Å². The van der Waals surface area contributed by atoms with Crippen LogP contribution in [0.4, 0.5) is 10.2 Å². The molecular weight excluding hydrogens is 381 g/mol. The minimum absolute atomic E-state index is 0.248. The van der Waals surface area contributed by atoms with Gasteiger partial charge in [-0.15, -0.1) is 0 Å². The van der Waals surface area contributed by atoms with Crippen molar-refractivity contribution in [3.05, 3.63) is 112 Å². The minimum Gasteiger partial charge on any atom is -0.306 e. The van der Waals surface area contributed by atoms with Crippen LogP contribution in [0.1, 0.15) is 16.1 Å². The van der Waals surface area contributed by atoms with E-state index < -0.39 is 11.7 Å². The predicted octanol–water partition coefficient (Wildman–Crippen LogP) is 4.60. The van der Waals surface area contributed by atoms with Gasteiger partial charge >= 0.3 is 0 Å². The van der Waals surface area contributed by atoms with Gasteiger partial charge in [0.15, 0.2) is 0 Å². The van der Waals surface area contributed by atoms with Crippen LogP contribution in [0.3, 0.4) is 0 Å². The summed E-state index contributed by atoms with van der Waals surface area (Å²) in [5.74, 6) is -0.658. The van der Waals surface area contributed by atoms with Gasteiger partial charge in [0, 0.05) is 5.56 Å². The minimum atomic E-state index is -0.470. The normalized spacial score (nSPS) is 10.6. The first-order valence-corrected chi connectivity index (χ1v) is 9.36. The Kier molecular flexibility index (Phi) is 5.22. The number of nitrogens with zero attached hydrogens (tertiary/aromatic N) is 2. The van der Waals surface area contributed by atoms with Gasteiger partial charge in [0.05, 0.1) is 11.3 Å². The smallest absolute Gasteiger partial charge is 0.256 e. The third-order valence-electron chi connectivity index (χ3n) is 4.66. The van der Waals surface area contributed by atoms with Gasteiger partial charge in [0.1, 0.15) is 17.3 Å². The molecule has 4 aromatic rings. The van der Waals surface area contributed by atoms with Crippen molar-refractivity contribution < 1.29 is 9.18 Å². The highest BCUT2D eigenvalue weighted by Crippen LogP contribution is 2.27. The molecule has 1 aromatic heterocycles. The van der Waals surface area contributed by atoms with E-state index in [2.05, 4.69) is 10.4 Å². The third kappa shape index (κ3) is 3.75. The number of aryl methyl sites for hydroxylation is 1. The van der Waals surface area contributed by atoms with Gasteiger partial charge in [0.2, 0.25) is 5.43 Å². The summed E-state index contributed by atoms with van der Waals surface area (Å²) in [5.41, 5.74) is 1.98. The number of para-hydroxylation sites is 1. The molecule has 3 aromatic carbocycles. The summed E-state index contributed by atoms with van der Waals surface area (Å²) in [6, 6.07) is 23.5. The number of aromatic nitrogens is 2. The van der Waals surface area contributed by atoms with Gasteiger partial charge in [0.25, 0.3) is 5.91 Å². The zero-order chi connectivity index (χ0) is 21.1. The Labute approximate surface area is 172 Å². The lowest BCUT2D eigenvalue weighted by atomic mass is 10.0. The number of carbonyl (C=O) groups is 1. The molecular formula is C24H18FN3O2. The summed E-state index contributed by atoms with van der Waals surface area (Å²) in [7, 11) is 0. The molecule has 0 saturated carbocycles. The average Bonchev–Trinajstić information content (AvgIpc) is 2.78. The quantitative estimate of drug-likeness (QED) is 0.546. The molecule has 1 amide bonds. The molecule has 4 rings (SSSR count). The molecule has 0 radical (unpaired) electrons. The number of rotatable bonds is 4. The van der Waals surface area contributed by atoms with E-state index in [4.69, 9.17) is 0 Å². The molecule has 0 saturated heterocycles. The lowest BCUT2D eigenvalue weighted by molar-refractivity contribution is 0.102. The maximum Gasteiger partial charge on any atom is 0.256 e. The summed E-state index contributed by atoms with van der Waals surface area (Å²) in [4.78, 5) is 26.0. The number of hydrogen-bond donors (Lipinski definition) is 1. The molecule has 1 N–H and O–H groups in total. The average molecular weight is 399 g/mol. The number of carbonyl (C=O) groups excluding carboxylic acids is 1. The van der Waals surface area contributed by atoms with Crippen LogP contribution in [-0.2, 0) is 0 Å². The van der Waals surface area contributed by atoms with E-state index >= 15 is 0 Å². The van der Waals surface area contributed by atoms with Crippen molar-refractivity contribution >= 4 is 11.7 Å². The first-order chi connectivity index (χ1) is 14.5. The Balaban J connectivity index is 1.94. The predicted molar refractivity (Wildman–Crippen MR) is 114 cm³/mol. The lowest BCUT2D eigenvalue weighted by Crippen LogP contribution is -2.24. The Bertz CT molecular complexity index is 1250. The van der Waals surface area contributed by atoms with Crippen molar-refractivity contribution in [1.82, 2.24) is 9.78 Å². The molecule has 0 aliphatic rings. The van der Waals surface area contributed by atoms with Crippen LogP contribution >= 0.6 is 0 Å². The van der Waals surface area contributed by atoms with Gasteiger partial charge in [-0.05, 0) is 48.9 Å². The highest BCUT2D eigenvalue weighted by atomic mass is 19.1. The van der Waals surface area contributed by atoms with Gasteiger partial charge < -0.3 is 5.32 Å². The highest BCUT2D eigenvalue weighted by Gasteiger charge is 2.20. The monoisotopic (exact) mass is 399 g/mol. The Morgan fingerprint density at radius 1 is 0.900 bits per heavy atom. The van der Waals surface area contributed by atoms with Crippen LogP contribution in [0.15, 0.2) is 89.7 Å². The van der Waals surface area contributed by atoms with E-state index in [0.717, 1.165) is 0 Å². The second-order valence-electron chi connectivity index (χ2n) is 6.71. The van der Waals surface area contributed by atoms with E-state index in [1.807, 2.05) is 48.5 Å². The van der Waals surface area contributed by atoms with Crippen molar-refractivity contribution in [2.45, 2.75) is 6.92 Å².